The van der Waals surface area contributed by atoms with Crippen LogP contribution < -0.4 is 9.64 Å². The van der Waals surface area contributed by atoms with Crippen LogP contribution in [0.25, 0.3) is 10.2 Å². The van der Waals surface area contributed by atoms with Crippen molar-refractivity contribution in [2.45, 2.75) is 25.4 Å². The SMILES string of the molecule is COc1ccc(Cl)c2sc(N(Cc3ccccc3)C(=O)C3CCCN3S(C)(=O)=O)nc12. The quantitative estimate of drug-likeness (QED) is 0.535. The number of nitrogens with zero attached hydrogens (tertiary/aromatic N) is 3. The molecule has 0 N–H and O–H groups in total. The van der Waals surface area contributed by atoms with Crippen molar-refractivity contribution in [2.24, 2.45) is 0 Å². The number of halogens is 1. The molecule has 3 aromatic rings. The van der Waals surface area contributed by atoms with Gasteiger partial charge in [0.1, 0.15) is 17.3 Å². The summed E-state index contributed by atoms with van der Waals surface area (Å²) in [5, 5.41) is 0.973. The highest BCUT2D eigenvalue weighted by molar-refractivity contribution is 7.88. The second kappa shape index (κ2) is 8.74. The van der Waals surface area contributed by atoms with E-state index in [2.05, 4.69) is 4.98 Å². The number of benzene rings is 2. The molecule has 2 heterocycles. The molecule has 1 aromatic heterocycles. The predicted octanol–water partition coefficient (Wildman–Crippen LogP) is 3.92. The molecule has 10 heteroatoms. The van der Waals surface area contributed by atoms with E-state index >= 15 is 0 Å². The average Bonchev–Trinajstić information content (AvgIpc) is 3.41. The van der Waals surface area contributed by atoms with Crippen LogP contribution in [0.15, 0.2) is 42.5 Å². The Morgan fingerprint density at radius 3 is 2.71 bits per heavy atom. The minimum atomic E-state index is -3.50. The Labute approximate surface area is 190 Å². The second-order valence-electron chi connectivity index (χ2n) is 7.37. The summed E-state index contributed by atoms with van der Waals surface area (Å²) in [6.07, 6.45) is 2.26. The summed E-state index contributed by atoms with van der Waals surface area (Å²) in [6, 6.07) is 12.3. The second-order valence-corrected chi connectivity index (χ2v) is 10.7. The van der Waals surface area contributed by atoms with Crippen molar-refractivity contribution in [3.05, 3.63) is 53.1 Å². The lowest BCUT2D eigenvalue weighted by atomic mass is 10.1. The topological polar surface area (TPSA) is 79.8 Å². The van der Waals surface area contributed by atoms with Gasteiger partial charge in [0.05, 0.1) is 29.6 Å². The Hall–Kier alpha value is -2.20. The summed E-state index contributed by atoms with van der Waals surface area (Å²) in [6.45, 7) is 0.613. The van der Waals surface area contributed by atoms with E-state index < -0.39 is 16.1 Å². The number of aromatic nitrogens is 1. The van der Waals surface area contributed by atoms with Crippen molar-refractivity contribution >= 4 is 54.2 Å². The average molecular weight is 480 g/mol. The van der Waals surface area contributed by atoms with Crippen molar-refractivity contribution in [3.63, 3.8) is 0 Å². The van der Waals surface area contributed by atoms with E-state index in [-0.39, 0.29) is 12.5 Å². The molecule has 0 bridgehead atoms. The smallest absolute Gasteiger partial charge is 0.247 e. The van der Waals surface area contributed by atoms with Crippen LogP contribution in [-0.4, -0.2) is 49.6 Å². The molecule has 1 saturated heterocycles. The fraction of sp³-hybridized carbons (Fsp3) is 0.333. The number of amides is 1. The van der Waals surface area contributed by atoms with Crippen LogP contribution in [0.5, 0.6) is 5.75 Å². The zero-order chi connectivity index (χ0) is 22.2. The van der Waals surface area contributed by atoms with Gasteiger partial charge in [0.15, 0.2) is 5.13 Å². The van der Waals surface area contributed by atoms with Crippen molar-refractivity contribution in [1.82, 2.24) is 9.29 Å². The van der Waals surface area contributed by atoms with Gasteiger partial charge in [0, 0.05) is 6.54 Å². The van der Waals surface area contributed by atoms with E-state index in [9.17, 15) is 13.2 Å². The van der Waals surface area contributed by atoms with E-state index in [0.29, 0.717) is 45.5 Å². The minimum absolute atomic E-state index is 0.271. The molecule has 1 aliphatic rings. The molecule has 1 unspecified atom stereocenters. The predicted molar refractivity (Wildman–Crippen MR) is 123 cm³/mol. The first-order valence-corrected chi connectivity index (χ1v) is 12.8. The molecule has 7 nitrogen and oxygen atoms in total. The van der Waals surface area contributed by atoms with Gasteiger partial charge in [-0.15, -0.1) is 0 Å². The van der Waals surface area contributed by atoms with Gasteiger partial charge < -0.3 is 4.74 Å². The van der Waals surface area contributed by atoms with Gasteiger partial charge in [-0.25, -0.2) is 13.4 Å². The van der Waals surface area contributed by atoms with Crippen LogP contribution in [0.4, 0.5) is 5.13 Å². The molecule has 1 amide bonds. The van der Waals surface area contributed by atoms with Crippen LogP contribution >= 0.6 is 22.9 Å². The molecule has 0 spiro atoms. The normalized spacial score (nSPS) is 17.2. The fourth-order valence-electron chi connectivity index (χ4n) is 3.79. The van der Waals surface area contributed by atoms with Gasteiger partial charge in [-0.05, 0) is 30.5 Å². The molecule has 31 heavy (non-hydrogen) atoms. The van der Waals surface area contributed by atoms with Crippen molar-refractivity contribution < 1.29 is 17.9 Å². The summed E-state index contributed by atoms with van der Waals surface area (Å²) < 4.78 is 31.9. The van der Waals surface area contributed by atoms with Crippen molar-refractivity contribution in [3.8, 4) is 5.75 Å². The van der Waals surface area contributed by atoms with Crippen LogP contribution in [-0.2, 0) is 21.4 Å². The molecular weight excluding hydrogens is 458 g/mol. The monoisotopic (exact) mass is 479 g/mol. The number of hydrogen-bond acceptors (Lipinski definition) is 6. The summed E-state index contributed by atoms with van der Waals surface area (Å²) in [4.78, 5) is 19.9. The molecular formula is C21H22ClN3O4S2. The Balaban J connectivity index is 1.79. The number of rotatable bonds is 6. The lowest BCUT2D eigenvalue weighted by molar-refractivity contribution is -0.121. The van der Waals surface area contributed by atoms with Gasteiger partial charge in [-0.2, -0.15) is 4.31 Å². The number of methoxy groups -OCH3 is 1. The number of carbonyl (C=O) groups excluding carboxylic acids is 1. The molecule has 2 aromatic carbocycles. The third kappa shape index (κ3) is 4.41. The van der Waals surface area contributed by atoms with Crippen molar-refractivity contribution in [2.75, 3.05) is 24.8 Å². The molecule has 0 radical (unpaired) electrons. The molecule has 1 atom stereocenters. The first-order valence-electron chi connectivity index (χ1n) is 9.74. The highest BCUT2D eigenvalue weighted by Gasteiger charge is 2.39. The van der Waals surface area contributed by atoms with E-state index in [0.717, 1.165) is 11.8 Å². The number of carbonyl (C=O) groups is 1. The van der Waals surface area contributed by atoms with Gasteiger partial charge in [0.2, 0.25) is 15.9 Å². The van der Waals surface area contributed by atoms with Crippen LogP contribution in [0.1, 0.15) is 18.4 Å². The number of ether oxygens (including phenoxy) is 1. The molecule has 1 fully saturated rings. The highest BCUT2D eigenvalue weighted by atomic mass is 35.5. The lowest BCUT2D eigenvalue weighted by Gasteiger charge is -2.27. The summed E-state index contributed by atoms with van der Waals surface area (Å²) in [7, 11) is -1.95. The minimum Gasteiger partial charge on any atom is -0.494 e. The first-order chi connectivity index (χ1) is 14.8. The maximum absolute atomic E-state index is 13.6. The van der Waals surface area contributed by atoms with E-state index in [4.69, 9.17) is 16.3 Å². The number of hydrogen-bond donors (Lipinski definition) is 0. The standard InChI is InChI=1S/C21H22ClN3O4S2/c1-29-17-11-10-15(22)19-18(17)23-21(30-19)24(13-14-7-4-3-5-8-14)20(26)16-9-6-12-25(16)31(2,27)28/h3-5,7-8,10-11,16H,6,9,12-13H2,1-2H3. The van der Waals surface area contributed by atoms with E-state index in [1.165, 1.54) is 15.6 Å². The Bertz CT molecular complexity index is 1210. The van der Waals surface area contributed by atoms with Crippen LogP contribution in [0.2, 0.25) is 5.02 Å². The number of thiazole rings is 1. The molecule has 164 valence electrons. The zero-order valence-corrected chi connectivity index (χ0v) is 19.5. The number of fused-ring (bicyclic) bond motifs is 1. The molecule has 1 aliphatic heterocycles. The maximum atomic E-state index is 13.6. The largest absolute Gasteiger partial charge is 0.494 e. The van der Waals surface area contributed by atoms with E-state index in [1.807, 2.05) is 30.3 Å². The van der Waals surface area contributed by atoms with Gasteiger partial charge in [-0.3, -0.25) is 9.69 Å². The summed E-state index contributed by atoms with van der Waals surface area (Å²) in [5.74, 6) is 0.272. The third-order valence-electron chi connectivity index (χ3n) is 5.26. The summed E-state index contributed by atoms with van der Waals surface area (Å²) >= 11 is 7.67. The van der Waals surface area contributed by atoms with Crippen LogP contribution in [0, 0.1) is 0 Å². The third-order valence-corrected chi connectivity index (χ3v) is 8.09. The van der Waals surface area contributed by atoms with Gasteiger partial charge >= 0.3 is 0 Å². The molecule has 0 saturated carbocycles. The summed E-state index contributed by atoms with van der Waals surface area (Å²) in [5.41, 5.74) is 1.49. The Kier molecular flexibility index (Phi) is 6.20. The molecule has 0 aliphatic carbocycles. The number of anilines is 1. The molecule has 4 rings (SSSR count). The van der Waals surface area contributed by atoms with E-state index in [1.54, 1.807) is 24.1 Å². The maximum Gasteiger partial charge on any atom is 0.247 e. The highest BCUT2D eigenvalue weighted by Crippen LogP contribution is 2.39. The Morgan fingerprint density at radius 1 is 1.29 bits per heavy atom. The number of sulfonamides is 1. The van der Waals surface area contributed by atoms with Gasteiger partial charge in [-0.1, -0.05) is 53.3 Å². The lowest BCUT2D eigenvalue weighted by Crippen LogP contribution is -2.47. The van der Waals surface area contributed by atoms with Crippen LogP contribution in [0.3, 0.4) is 0 Å². The fourth-order valence-corrected chi connectivity index (χ4v) is 6.17. The zero-order valence-electron chi connectivity index (χ0n) is 17.1. The van der Waals surface area contributed by atoms with Crippen molar-refractivity contribution in [1.29, 1.82) is 0 Å². The van der Waals surface area contributed by atoms with Gasteiger partial charge in [0.25, 0.3) is 0 Å². The first kappa shape index (κ1) is 22.0. The Morgan fingerprint density at radius 2 is 2.03 bits per heavy atom.